The van der Waals surface area contributed by atoms with Crippen molar-refractivity contribution in [2.45, 2.75) is 19.0 Å². The van der Waals surface area contributed by atoms with Gasteiger partial charge in [0.05, 0.1) is 11.4 Å². The number of carbonyl (C=O) groups excluding carboxylic acids is 1. The Morgan fingerprint density at radius 3 is 2.86 bits per heavy atom. The number of likely N-dealkylation sites (tertiary alicyclic amines) is 1. The van der Waals surface area contributed by atoms with Crippen LogP contribution in [0.2, 0.25) is 0 Å². The summed E-state index contributed by atoms with van der Waals surface area (Å²) in [5, 5.41) is 7.33. The lowest BCUT2D eigenvalue weighted by Crippen LogP contribution is -2.44. The molecule has 0 spiro atoms. The van der Waals surface area contributed by atoms with Crippen LogP contribution in [-0.4, -0.2) is 40.3 Å². The fourth-order valence-corrected chi connectivity index (χ4v) is 2.71. The van der Waals surface area contributed by atoms with Crippen molar-refractivity contribution in [2.24, 2.45) is 5.92 Å². The maximum atomic E-state index is 12.8. The average molecular weight is 297 g/mol. The minimum atomic E-state index is -4.26. The van der Waals surface area contributed by atoms with E-state index in [4.69, 9.17) is 0 Å². The topological polar surface area (TPSA) is 49.0 Å². The van der Waals surface area contributed by atoms with Gasteiger partial charge in [-0.2, -0.15) is 18.3 Å². The highest BCUT2D eigenvalue weighted by molar-refractivity contribution is 6.04. The molecule has 21 heavy (non-hydrogen) atoms. The quantitative estimate of drug-likeness (QED) is 0.879. The van der Waals surface area contributed by atoms with Gasteiger partial charge in [-0.05, 0) is 18.9 Å². The van der Waals surface area contributed by atoms with Crippen LogP contribution in [0.1, 0.15) is 23.3 Å². The predicted molar refractivity (Wildman–Crippen MR) is 70.8 cm³/mol. The Morgan fingerprint density at radius 2 is 2.10 bits per heavy atom. The first-order chi connectivity index (χ1) is 9.97. The number of piperidine rings is 1. The number of nitrogens with one attached hydrogen (secondary N) is 1. The van der Waals surface area contributed by atoms with Crippen LogP contribution in [0, 0.1) is 5.92 Å². The number of nitrogens with zero attached hydrogens (tertiary/aromatic N) is 2. The van der Waals surface area contributed by atoms with Crippen molar-refractivity contribution < 1.29 is 18.0 Å². The molecular formula is C14H14F3N3O. The van der Waals surface area contributed by atoms with Crippen LogP contribution < -0.4 is 0 Å². The Kier molecular flexibility index (Phi) is 3.35. The first-order valence-electron chi connectivity index (χ1n) is 6.76. The first kappa shape index (κ1) is 13.9. The lowest BCUT2D eigenvalue weighted by atomic mass is 9.97. The molecule has 1 amide bonds. The molecule has 1 atom stereocenters. The zero-order valence-electron chi connectivity index (χ0n) is 11.2. The number of fused-ring (bicyclic) bond motifs is 1. The number of benzene rings is 1. The van der Waals surface area contributed by atoms with E-state index >= 15 is 0 Å². The van der Waals surface area contributed by atoms with Gasteiger partial charge in [-0.1, -0.05) is 18.2 Å². The van der Waals surface area contributed by atoms with Gasteiger partial charge >= 0.3 is 6.18 Å². The molecule has 3 rings (SSSR count). The van der Waals surface area contributed by atoms with Crippen LogP contribution in [0.15, 0.2) is 24.3 Å². The molecule has 1 aromatic heterocycles. The number of hydrogen-bond acceptors (Lipinski definition) is 2. The Labute approximate surface area is 118 Å². The van der Waals surface area contributed by atoms with Gasteiger partial charge in [0, 0.05) is 18.5 Å². The summed E-state index contributed by atoms with van der Waals surface area (Å²) in [7, 11) is 0. The smallest absolute Gasteiger partial charge is 0.337 e. The largest absolute Gasteiger partial charge is 0.393 e. The third kappa shape index (κ3) is 2.59. The lowest BCUT2D eigenvalue weighted by molar-refractivity contribution is -0.184. The normalized spacial score (nSPS) is 20.0. The molecule has 1 aliphatic rings. The van der Waals surface area contributed by atoms with Crippen molar-refractivity contribution in [2.75, 3.05) is 13.1 Å². The summed E-state index contributed by atoms with van der Waals surface area (Å²) in [5.41, 5.74) is 0.888. The second kappa shape index (κ2) is 5.05. The molecule has 1 N–H and O–H groups in total. The molecule has 1 fully saturated rings. The number of hydrogen-bond donors (Lipinski definition) is 1. The van der Waals surface area contributed by atoms with E-state index < -0.39 is 18.0 Å². The van der Waals surface area contributed by atoms with Crippen LogP contribution in [0.25, 0.3) is 10.9 Å². The minimum Gasteiger partial charge on any atom is -0.337 e. The van der Waals surface area contributed by atoms with Crippen molar-refractivity contribution in [1.82, 2.24) is 15.1 Å². The van der Waals surface area contributed by atoms with Crippen molar-refractivity contribution >= 4 is 16.8 Å². The maximum Gasteiger partial charge on any atom is 0.393 e. The zero-order chi connectivity index (χ0) is 15.0. The van der Waals surface area contributed by atoms with Gasteiger partial charge in [0.1, 0.15) is 0 Å². The van der Waals surface area contributed by atoms with E-state index in [1.807, 2.05) is 0 Å². The van der Waals surface area contributed by atoms with Crippen molar-refractivity contribution in [3.05, 3.63) is 30.0 Å². The van der Waals surface area contributed by atoms with Crippen molar-refractivity contribution in [3.8, 4) is 0 Å². The highest BCUT2D eigenvalue weighted by Crippen LogP contribution is 2.33. The molecule has 0 bridgehead atoms. The molecule has 0 aliphatic carbocycles. The van der Waals surface area contributed by atoms with E-state index in [1.54, 1.807) is 24.3 Å². The summed E-state index contributed by atoms with van der Waals surface area (Å²) in [6, 6.07) is 7.07. The molecule has 7 heteroatoms. The molecule has 0 radical (unpaired) electrons. The molecule has 0 unspecified atom stereocenters. The lowest BCUT2D eigenvalue weighted by Gasteiger charge is -2.33. The number of para-hydroxylation sites is 1. The van der Waals surface area contributed by atoms with Gasteiger partial charge in [-0.25, -0.2) is 0 Å². The molecule has 1 aliphatic heterocycles. The molecule has 2 aromatic rings. The fourth-order valence-electron chi connectivity index (χ4n) is 2.71. The summed E-state index contributed by atoms with van der Waals surface area (Å²) in [6.07, 6.45) is -3.82. The third-order valence-corrected chi connectivity index (χ3v) is 3.84. The molecular weight excluding hydrogens is 283 g/mol. The molecule has 112 valence electrons. The summed E-state index contributed by atoms with van der Waals surface area (Å²) in [5.74, 6) is -1.89. The molecule has 0 saturated carbocycles. The third-order valence-electron chi connectivity index (χ3n) is 3.84. The van der Waals surface area contributed by atoms with Crippen LogP contribution in [0.5, 0.6) is 0 Å². The van der Waals surface area contributed by atoms with Gasteiger partial charge in [0.25, 0.3) is 5.91 Å². The summed E-state index contributed by atoms with van der Waals surface area (Å²) in [4.78, 5) is 13.7. The number of carbonyl (C=O) groups is 1. The van der Waals surface area contributed by atoms with E-state index in [2.05, 4.69) is 10.2 Å². The van der Waals surface area contributed by atoms with E-state index in [9.17, 15) is 18.0 Å². The highest BCUT2D eigenvalue weighted by atomic mass is 19.4. The highest BCUT2D eigenvalue weighted by Gasteiger charge is 2.43. The van der Waals surface area contributed by atoms with E-state index in [0.717, 1.165) is 0 Å². The van der Waals surface area contributed by atoms with Gasteiger partial charge < -0.3 is 4.90 Å². The Hall–Kier alpha value is -2.05. The van der Waals surface area contributed by atoms with Gasteiger partial charge in [0.2, 0.25) is 0 Å². The maximum absolute atomic E-state index is 12.8. The zero-order valence-corrected chi connectivity index (χ0v) is 11.2. The van der Waals surface area contributed by atoms with Crippen LogP contribution in [-0.2, 0) is 0 Å². The number of aromatic nitrogens is 2. The number of rotatable bonds is 1. The fraction of sp³-hybridized carbons (Fsp3) is 0.429. The van der Waals surface area contributed by atoms with E-state index in [1.165, 1.54) is 4.90 Å². The number of alkyl halides is 3. The minimum absolute atomic E-state index is 0.0780. The molecule has 1 aromatic carbocycles. The predicted octanol–water partition coefficient (Wildman–Crippen LogP) is 2.98. The van der Waals surface area contributed by atoms with Crippen LogP contribution in [0.4, 0.5) is 13.2 Å². The molecule has 1 saturated heterocycles. The first-order valence-corrected chi connectivity index (χ1v) is 6.76. The van der Waals surface area contributed by atoms with Gasteiger partial charge in [-0.3, -0.25) is 9.89 Å². The number of halogens is 3. The number of amides is 1. The second-order valence-electron chi connectivity index (χ2n) is 5.25. The summed E-state index contributed by atoms with van der Waals surface area (Å²) in [6.45, 7) is 0.0517. The number of aromatic amines is 1. The SMILES string of the molecule is O=C(c1n[nH]c2ccccc12)N1CCC[C@H](C(F)(F)F)C1. The van der Waals surface area contributed by atoms with E-state index in [0.29, 0.717) is 23.9 Å². The second-order valence-corrected chi connectivity index (χ2v) is 5.25. The Bertz CT molecular complexity index is 665. The average Bonchev–Trinajstić information content (AvgIpc) is 2.90. The van der Waals surface area contributed by atoms with Crippen LogP contribution in [0.3, 0.4) is 0 Å². The summed E-state index contributed by atoms with van der Waals surface area (Å²) < 4.78 is 38.4. The number of H-pyrrole nitrogens is 1. The standard InChI is InChI=1S/C14H14F3N3O/c15-14(16,17)9-4-3-7-20(8-9)13(21)12-10-5-1-2-6-11(10)18-19-12/h1-2,5-6,9H,3-4,7-8H2,(H,18,19)/t9-/m0/s1. The van der Waals surface area contributed by atoms with Crippen LogP contribution >= 0.6 is 0 Å². The van der Waals surface area contributed by atoms with Gasteiger partial charge in [0.15, 0.2) is 5.69 Å². The molecule has 2 heterocycles. The summed E-state index contributed by atoms with van der Waals surface area (Å²) >= 11 is 0. The monoisotopic (exact) mass is 297 g/mol. The van der Waals surface area contributed by atoms with Gasteiger partial charge in [-0.15, -0.1) is 0 Å². The Morgan fingerprint density at radius 1 is 1.33 bits per heavy atom. The van der Waals surface area contributed by atoms with Crippen molar-refractivity contribution in [3.63, 3.8) is 0 Å². The molecule has 4 nitrogen and oxygen atoms in total. The Balaban J connectivity index is 1.85. The van der Waals surface area contributed by atoms with E-state index in [-0.39, 0.29) is 18.7 Å². The van der Waals surface area contributed by atoms with Crippen molar-refractivity contribution in [1.29, 1.82) is 0 Å².